The molecule has 196 valence electrons. The average molecular weight is 494 g/mol. The summed E-state index contributed by atoms with van der Waals surface area (Å²) in [6.07, 6.45) is 1.21. The molecule has 0 fully saturated rings. The van der Waals surface area contributed by atoms with E-state index >= 15 is 0 Å². The van der Waals surface area contributed by atoms with Crippen LogP contribution in [-0.2, 0) is 23.9 Å². The highest BCUT2D eigenvalue weighted by Crippen LogP contribution is 2.36. The van der Waals surface area contributed by atoms with Gasteiger partial charge in [-0.1, -0.05) is 47.6 Å². The molecule has 2 unspecified atom stereocenters. The summed E-state index contributed by atoms with van der Waals surface area (Å²) in [5.41, 5.74) is 6.47. The van der Waals surface area contributed by atoms with E-state index in [1.165, 1.54) is 12.1 Å². The zero-order chi connectivity index (χ0) is 26.7. The fourth-order valence-electron chi connectivity index (χ4n) is 3.54. The van der Waals surface area contributed by atoms with E-state index in [0.29, 0.717) is 12.0 Å². The number of esters is 3. The van der Waals surface area contributed by atoms with Crippen molar-refractivity contribution < 1.29 is 38.5 Å². The van der Waals surface area contributed by atoms with Crippen LogP contribution in [0.1, 0.15) is 78.7 Å². The van der Waals surface area contributed by atoms with Crippen molar-refractivity contribution >= 4 is 23.9 Å². The predicted octanol–water partition coefficient (Wildman–Crippen LogP) is 4.06. The fourth-order valence-corrected chi connectivity index (χ4v) is 3.54. The molecule has 3 atom stereocenters. The van der Waals surface area contributed by atoms with Crippen LogP contribution < -0.4 is 15.2 Å². The van der Waals surface area contributed by atoms with Crippen molar-refractivity contribution in [1.82, 2.24) is 0 Å². The van der Waals surface area contributed by atoms with Crippen molar-refractivity contribution in [3.05, 3.63) is 23.8 Å². The van der Waals surface area contributed by atoms with E-state index < -0.39 is 35.8 Å². The van der Waals surface area contributed by atoms with E-state index in [-0.39, 0.29) is 55.2 Å². The summed E-state index contributed by atoms with van der Waals surface area (Å²) in [6, 6.07) is 3.19. The second-order valence-electron chi connectivity index (χ2n) is 9.65. The smallest absolute Gasteiger partial charge is 0.321 e. The van der Waals surface area contributed by atoms with E-state index in [4.69, 9.17) is 19.9 Å². The molecule has 0 aliphatic carbocycles. The van der Waals surface area contributed by atoms with Crippen LogP contribution in [0, 0.1) is 17.8 Å². The molecule has 0 saturated heterocycles. The molecule has 0 aromatic heterocycles. The van der Waals surface area contributed by atoms with E-state index in [2.05, 4.69) is 0 Å². The quantitative estimate of drug-likeness (QED) is 0.290. The third kappa shape index (κ3) is 10.5. The molecule has 0 aliphatic heterocycles. The minimum absolute atomic E-state index is 0.00280. The van der Waals surface area contributed by atoms with Crippen LogP contribution in [0.15, 0.2) is 18.2 Å². The van der Waals surface area contributed by atoms with Gasteiger partial charge in [0.1, 0.15) is 6.04 Å². The topological polar surface area (TPSA) is 142 Å². The van der Waals surface area contributed by atoms with E-state index in [9.17, 15) is 24.3 Å². The third-order valence-corrected chi connectivity index (χ3v) is 5.20. The number of ether oxygens (including phenoxy) is 3. The Morgan fingerprint density at radius 2 is 1.43 bits per heavy atom. The maximum atomic E-state index is 12.4. The lowest BCUT2D eigenvalue weighted by Crippen LogP contribution is -2.40. The van der Waals surface area contributed by atoms with Crippen molar-refractivity contribution in [1.29, 1.82) is 0 Å². The molecule has 9 nitrogen and oxygen atoms in total. The molecular weight excluding hydrogens is 454 g/mol. The SMILES string of the molecule is CCCC(=O)OCC(C)C(c1ccc(OC(=O)CC(C)C)c(OC(=O)CC(C)C)c1)[C@H](N)C(=O)O. The first-order valence-corrected chi connectivity index (χ1v) is 12.0. The van der Waals surface area contributed by atoms with Gasteiger partial charge in [0.15, 0.2) is 11.5 Å². The Bertz CT molecular complexity index is 880. The standard InChI is InChI=1S/C26H39NO8/c1-7-8-21(28)33-14-17(6)24(25(27)26(31)32)18-9-10-19(34-22(29)11-15(2)3)20(13-18)35-23(30)12-16(4)5/h9-10,13,15-17,24-25H,7-8,11-12,14,27H2,1-6H3,(H,31,32)/t17?,24?,25-/m0/s1. The first kappa shape index (κ1) is 30.1. The summed E-state index contributed by atoms with van der Waals surface area (Å²) in [5.74, 6) is -3.66. The van der Waals surface area contributed by atoms with Crippen LogP contribution in [0.2, 0.25) is 0 Å². The minimum atomic E-state index is -1.32. The first-order chi connectivity index (χ1) is 16.3. The van der Waals surface area contributed by atoms with Crippen LogP contribution in [0.3, 0.4) is 0 Å². The van der Waals surface area contributed by atoms with Gasteiger partial charge in [-0.05, 0) is 41.9 Å². The van der Waals surface area contributed by atoms with Crippen molar-refractivity contribution in [2.45, 2.75) is 79.2 Å². The van der Waals surface area contributed by atoms with Crippen molar-refractivity contribution in [2.75, 3.05) is 6.61 Å². The van der Waals surface area contributed by atoms with Gasteiger partial charge in [-0.25, -0.2) is 0 Å². The Kier molecular flexibility index (Phi) is 12.4. The molecule has 0 amide bonds. The molecule has 0 radical (unpaired) electrons. The highest BCUT2D eigenvalue weighted by atomic mass is 16.6. The molecular formula is C26H39NO8. The molecule has 0 spiro atoms. The van der Waals surface area contributed by atoms with Gasteiger partial charge in [-0.3, -0.25) is 19.2 Å². The van der Waals surface area contributed by atoms with Gasteiger partial charge in [0.05, 0.1) is 6.61 Å². The molecule has 0 saturated carbocycles. The number of hydrogen-bond acceptors (Lipinski definition) is 8. The highest BCUT2D eigenvalue weighted by Gasteiger charge is 2.32. The number of benzene rings is 1. The number of hydrogen-bond donors (Lipinski definition) is 2. The fraction of sp³-hybridized carbons (Fsp3) is 0.615. The van der Waals surface area contributed by atoms with Crippen molar-refractivity contribution in [3.63, 3.8) is 0 Å². The lowest BCUT2D eigenvalue weighted by molar-refractivity contribution is -0.145. The van der Waals surface area contributed by atoms with Crippen LogP contribution >= 0.6 is 0 Å². The Morgan fingerprint density at radius 3 is 1.91 bits per heavy atom. The van der Waals surface area contributed by atoms with Gasteiger partial charge in [0.25, 0.3) is 0 Å². The van der Waals surface area contributed by atoms with Gasteiger partial charge < -0.3 is 25.1 Å². The second kappa shape index (κ2) is 14.5. The Labute approximate surface area is 207 Å². The maximum Gasteiger partial charge on any atom is 0.321 e. The number of carbonyl (C=O) groups excluding carboxylic acids is 3. The number of nitrogens with two attached hydrogens (primary N) is 1. The lowest BCUT2D eigenvalue weighted by Gasteiger charge is -2.28. The van der Waals surface area contributed by atoms with Gasteiger partial charge in [0.2, 0.25) is 0 Å². The molecule has 9 heteroatoms. The average Bonchev–Trinajstić information content (AvgIpc) is 2.73. The summed E-state index contributed by atoms with van der Waals surface area (Å²) in [4.78, 5) is 48.2. The number of carboxylic acid groups (broad SMARTS) is 1. The van der Waals surface area contributed by atoms with Gasteiger partial charge >= 0.3 is 23.9 Å². The number of rotatable bonds is 14. The van der Waals surface area contributed by atoms with Gasteiger partial charge in [0, 0.05) is 25.2 Å². The molecule has 3 N–H and O–H groups in total. The van der Waals surface area contributed by atoms with Crippen LogP contribution in [0.5, 0.6) is 11.5 Å². The minimum Gasteiger partial charge on any atom is -0.480 e. The van der Waals surface area contributed by atoms with E-state index in [1.807, 2.05) is 34.6 Å². The number of carboxylic acids is 1. The summed E-state index contributed by atoms with van der Waals surface area (Å²) in [7, 11) is 0. The normalized spacial score (nSPS) is 13.7. The van der Waals surface area contributed by atoms with E-state index in [1.54, 1.807) is 13.0 Å². The number of carbonyl (C=O) groups is 4. The summed E-state index contributed by atoms with van der Waals surface area (Å²) in [5, 5.41) is 9.61. The molecule has 0 aliphatic rings. The summed E-state index contributed by atoms with van der Waals surface area (Å²) >= 11 is 0. The first-order valence-electron chi connectivity index (χ1n) is 12.0. The Balaban J connectivity index is 3.35. The van der Waals surface area contributed by atoms with Crippen LogP contribution in [0.4, 0.5) is 0 Å². The number of aliphatic carboxylic acids is 1. The molecule has 1 aromatic carbocycles. The molecule has 0 heterocycles. The van der Waals surface area contributed by atoms with E-state index in [0.717, 1.165) is 0 Å². The Morgan fingerprint density at radius 1 is 0.886 bits per heavy atom. The second-order valence-corrected chi connectivity index (χ2v) is 9.65. The molecule has 1 aromatic rings. The molecule has 0 bridgehead atoms. The summed E-state index contributed by atoms with van der Waals surface area (Å²) in [6.45, 7) is 11.0. The van der Waals surface area contributed by atoms with Gasteiger partial charge in [-0.2, -0.15) is 0 Å². The molecule has 35 heavy (non-hydrogen) atoms. The monoisotopic (exact) mass is 493 g/mol. The van der Waals surface area contributed by atoms with Crippen molar-refractivity contribution in [2.24, 2.45) is 23.5 Å². The predicted molar refractivity (Wildman–Crippen MR) is 130 cm³/mol. The largest absolute Gasteiger partial charge is 0.480 e. The Hall–Kier alpha value is -2.94. The summed E-state index contributed by atoms with van der Waals surface area (Å²) < 4.78 is 16.2. The zero-order valence-corrected chi connectivity index (χ0v) is 21.5. The lowest BCUT2D eigenvalue weighted by atomic mass is 9.82. The zero-order valence-electron chi connectivity index (χ0n) is 21.5. The van der Waals surface area contributed by atoms with Crippen molar-refractivity contribution in [3.8, 4) is 11.5 Å². The maximum absolute atomic E-state index is 12.4. The van der Waals surface area contributed by atoms with Crippen LogP contribution in [0.25, 0.3) is 0 Å². The highest BCUT2D eigenvalue weighted by molar-refractivity contribution is 5.77. The molecule has 1 rings (SSSR count). The van der Waals surface area contributed by atoms with Crippen LogP contribution in [-0.4, -0.2) is 41.6 Å². The van der Waals surface area contributed by atoms with Gasteiger partial charge in [-0.15, -0.1) is 0 Å². The third-order valence-electron chi connectivity index (χ3n) is 5.20.